The fourth-order valence-electron chi connectivity index (χ4n) is 1.64. The average molecular weight is 280 g/mol. The topological polar surface area (TPSA) is 55.2 Å². The molecule has 18 heavy (non-hydrogen) atoms. The zero-order chi connectivity index (χ0) is 13.0. The van der Waals surface area contributed by atoms with Crippen LogP contribution in [0.5, 0.6) is 0 Å². The zero-order valence-electron chi connectivity index (χ0n) is 9.75. The van der Waals surface area contributed by atoms with Crippen molar-refractivity contribution in [2.75, 3.05) is 12.4 Å². The van der Waals surface area contributed by atoms with Crippen molar-refractivity contribution in [2.45, 2.75) is 9.96 Å². The number of nitrogens with zero attached hydrogens (tertiary/aromatic N) is 1. The van der Waals surface area contributed by atoms with Crippen molar-refractivity contribution < 1.29 is 4.92 Å². The van der Waals surface area contributed by atoms with Crippen molar-refractivity contribution in [1.29, 1.82) is 0 Å². The lowest BCUT2D eigenvalue weighted by atomic mass is 10.1. The molecule has 0 bridgehead atoms. The summed E-state index contributed by atoms with van der Waals surface area (Å²) in [5, 5.41) is 15.9. The van der Waals surface area contributed by atoms with Gasteiger partial charge in [0.25, 0.3) is 5.69 Å². The van der Waals surface area contributed by atoms with Crippen LogP contribution in [-0.2, 0) is 5.75 Å². The molecule has 6 heteroatoms. The Balaban J connectivity index is 2.22. The van der Waals surface area contributed by atoms with Gasteiger partial charge >= 0.3 is 0 Å². The van der Waals surface area contributed by atoms with Gasteiger partial charge in [-0.15, -0.1) is 23.1 Å². The lowest BCUT2D eigenvalue weighted by molar-refractivity contribution is -0.384. The molecular weight excluding hydrogens is 268 g/mol. The Morgan fingerprint density at radius 3 is 2.83 bits per heavy atom. The summed E-state index contributed by atoms with van der Waals surface area (Å²) in [5.74, 6) is 0.721. The van der Waals surface area contributed by atoms with Gasteiger partial charge in [-0.05, 0) is 17.0 Å². The molecule has 2 rings (SSSR count). The van der Waals surface area contributed by atoms with Gasteiger partial charge in [0.2, 0.25) is 0 Å². The SMILES string of the molecule is CNc1c(CSc2cccs2)cccc1[N+](=O)[O-]. The minimum Gasteiger partial charge on any atom is -0.382 e. The summed E-state index contributed by atoms with van der Waals surface area (Å²) in [6.45, 7) is 0. The normalized spacial score (nSPS) is 10.3. The standard InChI is InChI=1S/C12H12N2O2S2/c1-13-12-9(4-2-5-10(12)14(15)16)8-18-11-6-3-7-17-11/h2-7,13H,8H2,1H3. The number of hydrogen-bond donors (Lipinski definition) is 1. The van der Waals surface area contributed by atoms with E-state index in [0.717, 1.165) is 11.3 Å². The molecule has 0 aliphatic rings. The lowest BCUT2D eigenvalue weighted by Crippen LogP contribution is -2.00. The number of nitro groups is 1. The number of nitrogens with one attached hydrogen (secondary N) is 1. The van der Waals surface area contributed by atoms with Crippen LogP contribution in [-0.4, -0.2) is 12.0 Å². The number of thioether (sulfide) groups is 1. The molecule has 4 nitrogen and oxygen atoms in total. The van der Waals surface area contributed by atoms with Crippen LogP contribution in [0, 0.1) is 10.1 Å². The summed E-state index contributed by atoms with van der Waals surface area (Å²) >= 11 is 3.36. The van der Waals surface area contributed by atoms with Crippen molar-refractivity contribution in [2.24, 2.45) is 0 Å². The number of thiophene rings is 1. The van der Waals surface area contributed by atoms with Gasteiger partial charge in [0.05, 0.1) is 9.13 Å². The van der Waals surface area contributed by atoms with Gasteiger partial charge < -0.3 is 5.32 Å². The van der Waals surface area contributed by atoms with Gasteiger partial charge in [0.1, 0.15) is 5.69 Å². The maximum Gasteiger partial charge on any atom is 0.292 e. The molecule has 0 atom stereocenters. The third kappa shape index (κ3) is 2.83. The second-order valence-corrected chi connectivity index (χ2v) is 5.76. The van der Waals surface area contributed by atoms with Gasteiger partial charge in [0, 0.05) is 18.9 Å². The maximum atomic E-state index is 10.9. The Bertz CT molecular complexity index is 541. The smallest absolute Gasteiger partial charge is 0.292 e. The number of anilines is 1. The Kier molecular flexibility index (Phi) is 4.22. The van der Waals surface area contributed by atoms with Crippen molar-refractivity contribution in [3.8, 4) is 0 Å². The molecule has 1 aromatic carbocycles. The molecule has 0 spiro atoms. The number of rotatable bonds is 5. The molecule has 0 unspecified atom stereocenters. The van der Waals surface area contributed by atoms with E-state index in [9.17, 15) is 10.1 Å². The van der Waals surface area contributed by atoms with E-state index in [2.05, 4.69) is 5.32 Å². The van der Waals surface area contributed by atoms with Gasteiger partial charge in [-0.1, -0.05) is 18.2 Å². The van der Waals surface area contributed by atoms with Gasteiger partial charge in [-0.2, -0.15) is 0 Å². The fraction of sp³-hybridized carbons (Fsp3) is 0.167. The van der Waals surface area contributed by atoms with Crippen LogP contribution >= 0.6 is 23.1 Å². The quantitative estimate of drug-likeness (QED) is 0.511. The van der Waals surface area contributed by atoms with Crippen LogP contribution in [0.1, 0.15) is 5.56 Å². The lowest BCUT2D eigenvalue weighted by Gasteiger charge is -2.08. The van der Waals surface area contributed by atoms with E-state index < -0.39 is 0 Å². The van der Waals surface area contributed by atoms with E-state index >= 15 is 0 Å². The molecule has 0 saturated heterocycles. The number of hydrogen-bond acceptors (Lipinski definition) is 5. The first-order valence-corrected chi connectivity index (χ1v) is 7.19. The molecule has 1 heterocycles. The molecule has 0 aliphatic carbocycles. The summed E-state index contributed by atoms with van der Waals surface area (Å²) in [6, 6.07) is 9.21. The van der Waals surface area contributed by atoms with Gasteiger partial charge in [0.15, 0.2) is 0 Å². The molecule has 94 valence electrons. The second kappa shape index (κ2) is 5.88. The average Bonchev–Trinajstić information content (AvgIpc) is 2.88. The highest BCUT2D eigenvalue weighted by atomic mass is 32.2. The first-order valence-electron chi connectivity index (χ1n) is 5.32. The third-order valence-electron chi connectivity index (χ3n) is 2.44. The van der Waals surface area contributed by atoms with Gasteiger partial charge in [-0.25, -0.2) is 0 Å². The zero-order valence-corrected chi connectivity index (χ0v) is 11.4. The molecule has 0 fully saturated rings. The number of benzene rings is 1. The van der Waals surface area contributed by atoms with E-state index in [1.54, 1.807) is 36.2 Å². The fourth-order valence-corrected chi connectivity index (χ4v) is 3.42. The minimum absolute atomic E-state index is 0.127. The second-order valence-electron chi connectivity index (χ2n) is 3.54. The third-order valence-corrected chi connectivity index (χ3v) is 4.62. The molecule has 1 N–H and O–H groups in total. The molecule has 1 aromatic heterocycles. The summed E-state index contributed by atoms with van der Waals surface area (Å²) in [4.78, 5) is 10.6. The summed E-state index contributed by atoms with van der Waals surface area (Å²) < 4.78 is 1.21. The number of nitro benzene ring substituents is 1. The summed E-state index contributed by atoms with van der Waals surface area (Å²) in [5.41, 5.74) is 1.68. The van der Waals surface area contributed by atoms with Crippen LogP contribution in [0.3, 0.4) is 0 Å². The molecule has 0 radical (unpaired) electrons. The highest BCUT2D eigenvalue weighted by Gasteiger charge is 2.15. The Labute approximate surface area is 113 Å². The largest absolute Gasteiger partial charge is 0.382 e. The first kappa shape index (κ1) is 12.9. The van der Waals surface area contributed by atoms with E-state index in [4.69, 9.17) is 0 Å². The molecular formula is C12H12N2O2S2. The van der Waals surface area contributed by atoms with Crippen LogP contribution in [0.15, 0.2) is 39.9 Å². The molecule has 0 amide bonds. The highest BCUT2D eigenvalue weighted by Crippen LogP contribution is 2.33. The Hall–Kier alpha value is -1.53. The molecule has 2 aromatic rings. The van der Waals surface area contributed by atoms with Crippen molar-refractivity contribution in [3.63, 3.8) is 0 Å². The first-order chi connectivity index (χ1) is 8.72. The van der Waals surface area contributed by atoms with E-state index in [1.807, 2.05) is 23.6 Å². The van der Waals surface area contributed by atoms with Crippen LogP contribution in [0.4, 0.5) is 11.4 Å². The van der Waals surface area contributed by atoms with Crippen molar-refractivity contribution >= 4 is 34.5 Å². The van der Waals surface area contributed by atoms with E-state index in [-0.39, 0.29) is 10.6 Å². The van der Waals surface area contributed by atoms with Crippen LogP contribution in [0.2, 0.25) is 0 Å². The van der Waals surface area contributed by atoms with E-state index in [1.165, 1.54) is 10.3 Å². The highest BCUT2D eigenvalue weighted by molar-refractivity contribution is 8.00. The van der Waals surface area contributed by atoms with Gasteiger partial charge in [-0.3, -0.25) is 10.1 Å². The van der Waals surface area contributed by atoms with Crippen molar-refractivity contribution in [3.05, 3.63) is 51.4 Å². The molecule has 0 aliphatic heterocycles. The van der Waals surface area contributed by atoms with E-state index in [0.29, 0.717) is 5.69 Å². The summed E-state index contributed by atoms with van der Waals surface area (Å²) in [6.07, 6.45) is 0. The molecule has 0 saturated carbocycles. The van der Waals surface area contributed by atoms with Crippen LogP contribution in [0.25, 0.3) is 0 Å². The predicted octanol–water partition coefficient (Wildman–Crippen LogP) is 3.99. The Morgan fingerprint density at radius 1 is 1.39 bits per heavy atom. The van der Waals surface area contributed by atoms with Crippen LogP contribution < -0.4 is 5.32 Å². The Morgan fingerprint density at radius 2 is 2.22 bits per heavy atom. The minimum atomic E-state index is -0.356. The summed E-state index contributed by atoms with van der Waals surface area (Å²) in [7, 11) is 1.71. The predicted molar refractivity (Wildman–Crippen MR) is 76.5 cm³/mol. The monoisotopic (exact) mass is 280 g/mol. The number of para-hydroxylation sites is 1. The maximum absolute atomic E-state index is 10.9. The van der Waals surface area contributed by atoms with Crippen molar-refractivity contribution in [1.82, 2.24) is 0 Å².